The highest BCUT2D eigenvalue weighted by molar-refractivity contribution is 6.32. The number of hydrogen-bond donors (Lipinski definition) is 1. The number of aromatic nitrogens is 2. The second-order valence-electron chi connectivity index (χ2n) is 3.43. The summed E-state index contributed by atoms with van der Waals surface area (Å²) in [7, 11) is 0. The van der Waals surface area contributed by atoms with Gasteiger partial charge in [-0.15, -0.1) is 0 Å². The van der Waals surface area contributed by atoms with Crippen molar-refractivity contribution in [3.8, 4) is 0 Å². The lowest BCUT2D eigenvalue weighted by Gasteiger charge is -2.18. The van der Waals surface area contributed by atoms with E-state index in [2.05, 4.69) is 9.97 Å². The average Bonchev–Trinajstić information content (AvgIpc) is 2.51. The molecule has 1 saturated heterocycles. The Morgan fingerprint density at radius 3 is 2.80 bits per heavy atom. The summed E-state index contributed by atoms with van der Waals surface area (Å²) in [6.07, 6.45) is 1.03. The van der Waals surface area contributed by atoms with Crippen LogP contribution in [0.3, 0.4) is 0 Å². The molecular weight excluding hydrogens is 226 g/mol. The summed E-state index contributed by atoms with van der Waals surface area (Å²) in [6.45, 7) is -0.144. The van der Waals surface area contributed by atoms with E-state index in [-0.39, 0.29) is 36.2 Å². The van der Waals surface area contributed by atoms with Gasteiger partial charge in [-0.1, -0.05) is 11.6 Å². The molecular formula is C8H9ClF2N4. The third kappa shape index (κ3) is 1.94. The van der Waals surface area contributed by atoms with Crippen molar-refractivity contribution >= 4 is 23.1 Å². The van der Waals surface area contributed by atoms with Crippen molar-refractivity contribution < 1.29 is 8.78 Å². The normalized spacial score (nSPS) is 19.5. The Balaban J connectivity index is 2.28. The van der Waals surface area contributed by atoms with Crippen LogP contribution in [0.4, 0.5) is 20.3 Å². The molecule has 0 aliphatic carbocycles. The summed E-state index contributed by atoms with van der Waals surface area (Å²) in [5.74, 6) is -2.39. The highest BCUT2D eigenvalue weighted by Gasteiger charge is 2.39. The summed E-state index contributed by atoms with van der Waals surface area (Å²) >= 11 is 5.67. The smallest absolute Gasteiger partial charge is 0.266 e. The van der Waals surface area contributed by atoms with Gasteiger partial charge in [-0.05, 0) is 0 Å². The summed E-state index contributed by atoms with van der Waals surface area (Å²) in [4.78, 5) is 8.94. The molecule has 1 aliphatic rings. The quantitative estimate of drug-likeness (QED) is 0.750. The monoisotopic (exact) mass is 234 g/mol. The minimum absolute atomic E-state index is 0.0928. The first-order valence-electron chi connectivity index (χ1n) is 4.38. The second-order valence-corrected chi connectivity index (χ2v) is 3.79. The molecule has 7 heteroatoms. The van der Waals surface area contributed by atoms with E-state index in [1.54, 1.807) is 0 Å². The molecule has 0 atom stereocenters. The van der Waals surface area contributed by atoms with Crippen LogP contribution in [-0.2, 0) is 0 Å². The van der Waals surface area contributed by atoms with Gasteiger partial charge in [0.15, 0.2) is 11.0 Å². The standard InChI is InChI=1S/C8H9ClF2N4/c9-6-5(12)7(14-4-13-6)15-2-1-8(10,11)3-15/h4H,1-3,12H2. The van der Waals surface area contributed by atoms with Gasteiger partial charge in [-0.25, -0.2) is 18.7 Å². The van der Waals surface area contributed by atoms with E-state index >= 15 is 0 Å². The van der Waals surface area contributed by atoms with Gasteiger partial charge in [-0.2, -0.15) is 0 Å². The van der Waals surface area contributed by atoms with Crippen molar-refractivity contribution in [2.45, 2.75) is 12.3 Å². The van der Waals surface area contributed by atoms with Gasteiger partial charge in [-0.3, -0.25) is 0 Å². The lowest BCUT2D eigenvalue weighted by molar-refractivity contribution is 0.0257. The Morgan fingerprint density at radius 2 is 2.20 bits per heavy atom. The van der Waals surface area contributed by atoms with Gasteiger partial charge >= 0.3 is 0 Å². The van der Waals surface area contributed by atoms with Gasteiger partial charge in [0.2, 0.25) is 0 Å². The fourth-order valence-corrected chi connectivity index (χ4v) is 1.66. The van der Waals surface area contributed by atoms with Crippen molar-refractivity contribution in [3.05, 3.63) is 11.5 Å². The molecule has 1 fully saturated rings. The lowest BCUT2D eigenvalue weighted by atomic mass is 10.3. The summed E-state index contributed by atoms with van der Waals surface area (Å²) < 4.78 is 25.9. The molecule has 0 amide bonds. The number of nitrogen functional groups attached to an aromatic ring is 1. The zero-order valence-corrected chi connectivity index (χ0v) is 8.51. The van der Waals surface area contributed by atoms with E-state index in [0.717, 1.165) is 0 Å². The number of nitrogens with two attached hydrogens (primary N) is 1. The Labute approximate surface area is 90.1 Å². The summed E-state index contributed by atoms with van der Waals surface area (Å²) in [5, 5.41) is 0.0928. The largest absolute Gasteiger partial charge is 0.393 e. The number of alkyl halides is 2. The molecule has 0 spiro atoms. The van der Waals surface area contributed by atoms with Gasteiger partial charge in [0.1, 0.15) is 12.0 Å². The van der Waals surface area contributed by atoms with Crippen LogP contribution in [0.2, 0.25) is 5.15 Å². The van der Waals surface area contributed by atoms with Gasteiger partial charge in [0.05, 0.1) is 6.54 Å². The number of rotatable bonds is 1. The SMILES string of the molecule is Nc1c(Cl)ncnc1N1CCC(F)(F)C1. The highest BCUT2D eigenvalue weighted by Crippen LogP contribution is 2.33. The predicted molar refractivity (Wildman–Crippen MR) is 53.2 cm³/mol. The summed E-state index contributed by atoms with van der Waals surface area (Å²) in [5.41, 5.74) is 5.76. The minimum atomic E-state index is -2.68. The zero-order chi connectivity index (χ0) is 11.1. The van der Waals surface area contributed by atoms with E-state index in [0.29, 0.717) is 0 Å². The molecule has 1 aromatic heterocycles. The Hall–Kier alpha value is -1.17. The first-order chi connectivity index (χ1) is 6.99. The fourth-order valence-electron chi connectivity index (χ4n) is 1.53. The molecule has 1 aromatic rings. The van der Waals surface area contributed by atoms with Gasteiger partial charge < -0.3 is 10.6 Å². The topological polar surface area (TPSA) is 55.0 Å². The van der Waals surface area contributed by atoms with Crippen molar-refractivity contribution in [2.24, 2.45) is 0 Å². The van der Waals surface area contributed by atoms with Crippen LogP contribution in [0, 0.1) is 0 Å². The molecule has 1 aliphatic heterocycles. The Kier molecular flexibility index (Phi) is 2.38. The van der Waals surface area contributed by atoms with Crippen LogP contribution < -0.4 is 10.6 Å². The van der Waals surface area contributed by atoms with Gasteiger partial charge in [0.25, 0.3) is 5.92 Å². The third-order valence-electron chi connectivity index (χ3n) is 2.28. The minimum Gasteiger partial charge on any atom is -0.393 e. The third-order valence-corrected chi connectivity index (χ3v) is 2.58. The number of nitrogens with zero attached hydrogens (tertiary/aromatic N) is 3. The maximum atomic E-state index is 13.0. The molecule has 2 rings (SSSR count). The molecule has 2 heterocycles. The number of hydrogen-bond acceptors (Lipinski definition) is 4. The molecule has 4 nitrogen and oxygen atoms in total. The molecule has 15 heavy (non-hydrogen) atoms. The molecule has 0 aromatic carbocycles. The molecule has 2 N–H and O–H groups in total. The maximum Gasteiger partial charge on any atom is 0.266 e. The average molecular weight is 235 g/mol. The van der Waals surface area contributed by atoms with E-state index in [1.807, 2.05) is 0 Å². The van der Waals surface area contributed by atoms with Crippen molar-refractivity contribution in [1.29, 1.82) is 0 Å². The first-order valence-corrected chi connectivity index (χ1v) is 4.76. The first kappa shape index (κ1) is 10.4. The predicted octanol–water partition coefficient (Wildman–Crippen LogP) is 1.56. The maximum absolute atomic E-state index is 13.0. The van der Waals surface area contributed by atoms with Crippen LogP contribution in [0.15, 0.2) is 6.33 Å². The number of halogens is 3. The lowest BCUT2D eigenvalue weighted by Crippen LogP contribution is -2.26. The van der Waals surface area contributed by atoms with Crippen LogP contribution >= 0.6 is 11.6 Å². The second kappa shape index (κ2) is 3.44. The zero-order valence-electron chi connectivity index (χ0n) is 7.75. The highest BCUT2D eigenvalue weighted by atomic mass is 35.5. The van der Waals surface area contributed by atoms with Crippen LogP contribution in [0.25, 0.3) is 0 Å². The van der Waals surface area contributed by atoms with Crippen molar-refractivity contribution in [3.63, 3.8) is 0 Å². The van der Waals surface area contributed by atoms with Crippen LogP contribution in [0.1, 0.15) is 6.42 Å². The van der Waals surface area contributed by atoms with E-state index in [9.17, 15) is 8.78 Å². The number of anilines is 2. The van der Waals surface area contributed by atoms with Crippen LogP contribution in [-0.4, -0.2) is 29.0 Å². The van der Waals surface area contributed by atoms with E-state index < -0.39 is 5.92 Å². The van der Waals surface area contributed by atoms with E-state index in [1.165, 1.54) is 11.2 Å². The molecule has 0 bridgehead atoms. The fraction of sp³-hybridized carbons (Fsp3) is 0.500. The molecule has 0 unspecified atom stereocenters. The van der Waals surface area contributed by atoms with Crippen LogP contribution in [0.5, 0.6) is 0 Å². The van der Waals surface area contributed by atoms with E-state index in [4.69, 9.17) is 17.3 Å². The van der Waals surface area contributed by atoms with Gasteiger partial charge in [0, 0.05) is 13.0 Å². The Bertz CT molecular complexity index is 385. The molecule has 82 valence electrons. The van der Waals surface area contributed by atoms with Crippen molar-refractivity contribution in [2.75, 3.05) is 23.7 Å². The molecule has 0 radical (unpaired) electrons. The Morgan fingerprint density at radius 1 is 1.47 bits per heavy atom. The summed E-state index contributed by atoms with van der Waals surface area (Å²) in [6, 6.07) is 0. The molecule has 0 saturated carbocycles. The van der Waals surface area contributed by atoms with Crippen molar-refractivity contribution in [1.82, 2.24) is 9.97 Å².